The van der Waals surface area contributed by atoms with Crippen molar-refractivity contribution < 1.29 is 0 Å². The van der Waals surface area contributed by atoms with Gasteiger partial charge >= 0.3 is 0 Å². The van der Waals surface area contributed by atoms with Crippen LogP contribution < -0.4 is 5.32 Å². The average Bonchev–Trinajstić information content (AvgIpc) is 2.93. The SMILES string of the molecule is Cc1nnc(CNCCCC2CCCC2)n1C. The van der Waals surface area contributed by atoms with Gasteiger partial charge in [-0.1, -0.05) is 25.7 Å². The number of aromatic nitrogens is 3. The lowest BCUT2D eigenvalue weighted by atomic mass is 10.0. The maximum atomic E-state index is 4.14. The van der Waals surface area contributed by atoms with Crippen molar-refractivity contribution in [2.45, 2.75) is 52.0 Å². The zero-order valence-corrected chi connectivity index (χ0v) is 11.1. The van der Waals surface area contributed by atoms with E-state index >= 15 is 0 Å². The van der Waals surface area contributed by atoms with E-state index in [0.717, 1.165) is 30.7 Å². The Bertz CT molecular complexity index is 339. The number of nitrogens with zero attached hydrogens (tertiary/aromatic N) is 3. The minimum atomic E-state index is 0.835. The molecule has 0 spiro atoms. The Morgan fingerprint density at radius 3 is 2.71 bits per heavy atom. The van der Waals surface area contributed by atoms with Gasteiger partial charge in [0.1, 0.15) is 11.6 Å². The zero-order valence-electron chi connectivity index (χ0n) is 11.1. The van der Waals surface area contributed by atoms with Gasteiger partial charge in [-0.05, 0) is 32.2 Å². The summed E-state index contributed by atoms with van der Waals surface area (Å²) in [4.78, 5) is 0. The molecule has 4 heteroatoms. The van der Waals surface area contributed by atoms with E-state index < -0.39 is 0 Å². The highest BCUT2D eigenvalue weighted by Gasteiger charge is 2.13. The Hall–Kier alpha value is -0.900. The lowest BCUT2D eigenvalue weighted by Gasteiger charge is -2.09. The topological polar surface area (TPSA) is 42.7 Å². The predicted molar refractivity (Wildman–Crippen MR) is 68.6 cm³/mol. The highest BCUT2D eigenvalue weighted by molar-refractivity contribution is 4.91. The second-order valence-electron chi connectivity index (χ2n) is 5.19. The largest absolute Gasteiger partial charge is 0.317 e. The molecular formula is C13H24N4. The standard InChI is InChI=1S/C13H24N4/c1-11-15-16-13(17(11)2)10-14-9-5-8-12-6-3-4-7-12/h12,14H,3-10H2,1-2H3. The summed E-state index contributed by atoms with van der Waals surface area (Å²) in [5, 5.41) is 11.6. The molecule has 1 saturated carbocycles. The summed E-state index contributed by atoms with van der Waals surface area (Å²) < 4.78 is 2.05. The summed E-state index contributed by atoms with van der Waals surface area (Å²) >= 11 is 0. The molecule has 1 N–H and O–H groups in total. The van der Waals surface area contributed by atoms with E-state index in [9.17, 15) is 0 Å². The minimum absolute atomic E-state index is 0.835. The number of nitrogens with one attached hydrogen (secondary N) is 1. The monoisotopic (exact) mass is 236 g/mol. The summed E-state index contributed by atoms with van der Waals surface area (Å²) in [6, 6.07) is 0. The third-order valence-electron chi connectivity index (χ3n) is 3.91. The molecule has 4 nitrogen and oxygen atoms in total. The highest BCUT2D eigenvalue weighted by atomic mass is 15.3. The fourth-order valence-corrected chi connectivity index (χ4v) is 2.62. The van der Waals surface area contributed by atoms with E-state index in [2.05, 4.69) is 15.5 Å². The van der Waals surface area contributed by atoms with Crippen LogP contribution in [0.1, 0.15) is 50.2 Å². The van der Waals surface area contributed by atoms with Gasteiger partial charge in [0.15, 0.2) is 0 Å². The summed E-state index contributed by atoms with van der Waals surface area (Å²) in [5.41, 5.74) is 0. The van der Waals surface area contributed by atoms with Gasteiger partial charge in [0.25, 0.3) is 0 Å². The van der Waals surface area contributed by atoms with Crippen LogP contribution in [-0.2, 0) is 13.6 Å². The molecule has 0 unspecified atom stereocenters. The predicted octanol–water partition coefficient (Wildman–Crippen LogP) is 2.18. The molecule has 96 valence electrons. The average molecular weight is 236 g/mol. The Morgan fingerprint density at radius 2 is 2.06 bits per heavy atom. The molecule has 1 fully saturated rings. The van der Waals surface area contributed by atoms with Crippen LogP contribution in [0.4, 0.5) is 0 Å². The van der Waals surface area contributed by atoms with Crippen molar-refractivity contribution in [2.24, 2.45) is 13.0 Å². The Kier molecular flexibility index (Phi) is 4.54. The molecule has 0 aromatic carbocycles. The Morgan fingerprint density at radius 1 is 1.29 bits per heavy atom. The van der Waals surface area contributed by atoms with Gasteiger partial charge in [0, 0.05) is 7.05 Å². The normalized spacial score (nSPS) is 16.8. The Labute approximate surface area is 104 Å². The van der Waals surface area contributed by atoms with Gasteiger partial charge in [-0.15, -0.1) is 10.2 Å². The van der Waals surface area contributed by atoms with Gasteiger partial charge in [-0.2, -0.15) is 0 Å². The van der Waals surface area contributed by atoms with Crippen LogP contribution in [-0.4, -0.2) is 21.3 Å². The Balaban J connectivity index is 1.58. The van der Waals surface area contributed by atoms with E-state index in [4.69, 9.17) is 0 Å². The van der Waals surface area contributed by atoms with Crippen molar-refractivity contribution in [3.05, 3.63) is 11.6 Å². The molecule has 1 aliphatic rings. The van der Waals surface area contributed by atoms with Crippen LogP contribution in [0.5, 0.6) is 0 Å². The van der Waals surface area contributed by atoms with Gasteiger partial charge in [-0.25, -0.2) is 0 Å². The molecule has 2 rings (SSSR count). The van der Waals surface area contributed by atoms with Crippen LogP contribution in [0, 0.1) is 12.8 Å². The number of hydrogen-bond acceptors (Lipinski definition) is 3. The maximum Gasteiger partial charge on any atom is 0.146 e. The fourth-order valence-electron chi connectivity index (χ4n) is 2.62. The molecule has 0 aliphatic heterocycles. The van der Waals surface area contributed by atoms with E-state index in [1.807, 2.05) is 18.5 Å². The third-order valence-corrected chi connectivity index (χ3v) is 3.91. The number of hydrogen-bond donors (Lipinski definition) is 1. The lowest BCUT2D eigenvalue weighted by Crippen LogP contribution is -2.18. The van der Waals surface area contributed by atoms with Crippen molar-refractivity contribution in [1.82, 2.24) is 20.1 Å². The third kappa shape index (κ3) is 3.53. The van der Waals surface area contributed by atoms with E-state index in [0.29, 0.717) is 0 Å². The molecule has 0 atom stereocenters. The van der Waals surface area contributed by atoms with Crippen LogP contribution in [0.15, 0.2) is 0 Å². The zero-order chi connectivity index (χ0) is 12.1. The molecule has 0 radical (unpaired) electrons. The molecule has 17 heavy (non-hydrogen) atoms. The quantitative estimate of drug-likeness (QED) is 0.770. The van der Waals surface area contributed by atoms with Crippen LogP contribution in [0.25, 0.3) is 0 Å². The number of aryl methyl sites for hydroxylation is 1. The first-order valence-corrected chi connectivity index (χ1v) is 6.83. The van der Waals surface area contributed by atoms with Crippen molar-refractivity contribution in [1.29, 1.82) is 0 Å². The van der Waals surface area contributed by atoms with E-state index in [-0.39, 0.29) is 0 Å². The molecular weight excluding hydrogens is 212 g/mol. The van der Waals surface area contributed by atoms with Crippen molar-refractivity contribution in [2.75, 3.05) is 6.54 Å². The summed E-state index contributed by atoms with van der Waals surface area (Å²) in [5.74, 6) is 3.02. The molecule has 0 bridgehead atoms. The van der Waals surface area contributed by atoms with E-state index in [1.54, 1.807) is 0 Å². The summed E-state index contributed by atoms with van der Waals surface area (Å²) in [6.45, 7) is 3.92. The first-order chi connectivity index (χ1) is 8.27. The van der Waals surface area contributed by atoms with Crippen molar-refractivity contribution >= 4 is 0 Å². The second-order valence-corrected chi connectivity index (χ2v) is 5.19. The molecule has 0 amide bonds. The van der Waals surface area contributed by atoms with Gasteiger partial charge < -0.3 is 9.88 Å². The van der Waals surface area contributed by atoms with Crippen molar-refractivity contribution in [3.8, 4) is 0 Å². The first kappa shape index (κ1) is 12.6. The fraction of sp³-hybridized carbons (Fsp3) is 0.846. The first-order valence-electron chi connectivity index (χ1n) is 6.83. The van der Waals surface area contributed by atoms with Crippen LogP contribution in [0.2, 0.25) is 0 Å². The van der Waals surface area contributed by atoms with Crippen LogP contribution in [0.3, 0.4) is 0 Å². The van der Waals surface area contributed by atoms with Crippen LogP contribution >= 0.6 is 0 Å². The van der Waals surface area contributed by atoms with Crippen molar-refractivity contribution in [3.63, 3.8) is 0 Å². The highest BCUT2D eigenvalue weighted by Crippen LogP contribution is 2.28. The smallest absolute Gasteiger partial charge is 0.146 e. The molecule has 1 aliphatic carbocycles. The van der Waals surface area contributed by atoms with Gasteiger partial charge in [0.2, 0.25) is 0 Å². The minimum Gasteiger partial charge on any atom is -0.317 e. The van der Waals surface area contributed by atoms with Gasteiger partial charge in [0.05, 0.1) is 6.54 Å². The maximum absolute atomic E-state index is 4.14. The molecule has 1 aromatic rings. The lowest BCUT2D eigenvalue weighted by molar-refractivity contribution is 0.467. The van der Waals surface area contributed by atoms with E-state index in [1.165, 1.54) is 38.5 Å². The molecule has 1 aromatic heterocycles. The molecule has 0 saturated heterocycles. The summed E-state index contributed by atoms with van der Waals surface area (Å²) in [7, 11) is 2.02. The molecule has 1 heterocycles. The second kappa shape index (κ2) is 6.15. The number of rotatable bonds is 6. The summed E-state index contributed by atoms with van der Waals surface area (Å²) in [6.07, 6.45) is 8.52. The van der Waals surface area contributed by atoms with Gasteiger partial charge in [-0.3, -0.25) is 0 Å².